The number of benzene rings is 2. The van der Waals surface area contributed by atoms with Crippen LogP contribution in [0, 0.1) is 37.8 Å². The van der Waals surface area contributed by atoms with E-state index >= 15 is 0 Å². The molecule has 5 nitrogen and oxygen atoms in total. The van der Waals surface area contributed by atoms with E-state index in [1.54, 1.807) is 12.1 Å². The minimum atomic E-state index is -0.420. The lowest BCUT2D eigenvalue weighted by Gasteiger charge is -2.07. The summed E-state index contributed by atoms with van der Waals surface area (Å²) in [6.07, 6.45) is 0. The van der Waals surface area contributed by atoms with E-state index in [-0.39, 0.29) is 5.69 Å². The molecular weight excluding hydrogens is 280 g/mol. The second-order valence-electron chi connectivity index (χ2n) is 5.50. The zero-order valence-electron chi connectivity index (χ0n) is 12.9. The van der Waals surface area contributed by atoms with Crippen molar-refractivity contribution >= 4 is 16.8 Å². The van der Waals surface area contributed by atoms with Crippen LogP contribution in [0.15, 0.2) is 28.7 Å². The number of hydrogen-bond donors (Lipinski definition) is 0. The van der Waals surface area contributed by atoms with Crippen LogP contribution in [-0.2, 0) is 0 Å². The third kappa shape index (κ3) is 2.06. The Morgan fingerprint density at radius 2 is 1.55 bits per heavy atom. The van der Waals surface area contributed by atoms with E-state index in [1.165, 1.54) is 23.3 Å². The van der Waals surface area contributed by atoms with Crippen molar-refractivity contribution < 1.29 is 9.34 Å². The average molecular weight is 296 g/mol. The molecule has 0 N–H and O–H groups in total. The van der Waals surface area contributed by atoms with Gasteiger partial charge in [-0.1, -0.05) is 0 Å². The lowest BCUT2D eigenvalue weighted by Crippen LogP contribution is -1.92. The summed E-state index contributed by atoms with van der Waals surface area (Å²) < 4.78 is 5.92. The highest BCUT2D eigenvalue weighted by Gasteiger charge is 2.17. The van der Waals surface area contributed by atoms with E-state index in [9.17, 15) is 10.1 Å². The highest BCUT2D eigenvalue weighted by atomic mass is 16.6. The summed E-state index contributed by atoms with van der Waals surface area (Å²) in [6.45, 7) is 8.21. The molecule has 3 rings (SSSR count). The number of rotatable bonds is 2. The van der Waals surface area contributed by atoms with Crippen LogP contribution in [0.2, 0.25) is 0 Å². The summed E-state index contributed by atoms with van der Waals surface area (Å²) >= 11 is 0. The molecule has 0 amide bonds. The van der Waals surface area contributed by atoms with Gasteiger partial charge in [-0.05, 0) is 62.1 Å². The van der Waals surface area contributed by atoms with Gasteiger partial charge in [0.1, 0.15) is 5.52 Å². The Bertz CT molecular complexity index is 848. The van der Waals surface area contributed by atoms with Gasteiger partial charge in [-0.25, -0.2) is 4.98 Å². The fourth-order valence-corrected chi connectivity index (χ4v) is 2.59. The van der Waals surface area contributed by atoms with Crippen molar-refractivity contribution in [2.75, 3.05) is 0 Å². The Morgan fingerprint density at radius 1 is 0.955 bits per heavy atom. The fraction of sp³-hybridized carbons (Fsp3) is 0.235. The van der Waals surface area contributed by atoms with E-state index in [2.05, 4.69) is 18.8 Å². The highest BCUT2D eigenvalue weighted by Crippen LogP contribution is 2.32. The number of aromatic nitrogens is 1. The molecule has 1 aromatic heterocycles. The molecule has 3 aromatic rings. The van der Waals surface area contributed by atoms with Crippen LogP contribution in [0.4, 0.5) is 5.69 Å². The smallest absolute Gasteiger partial charge is 0.269 e. The first-order valence-corrected chi connectivity index (χ1v) is 7.02. The summed E-state index contributed by atoms with van der Waals surface area (Å²) in [4.78, 5) is 14.9. The summed E-state index contributed by atoms with van der Waals surface area (Å²) in [5, 5.41) is 10.7. The Labute approximate surface area is 127 Å². The largest absolute Gasteiger partial charge is 0.436 e. The Balaban J connectivity index is 2.18. The standard InChI is InChI=1S/C17H16N2O3/c1-9-10(2)12(4)16-15(11(9)3)18-17(22-16)13-5-7-14(8-6-13)19(20)21/h5-8H,1-4H3. The number of hydrogen-bond acceptors (Lipinski definition) is 4. The minimum Gasteiger partial charge on any atom is -0.436 e. The second-order valence-corrected chi connectivity index (χ2v) is 5.50. The molecule has 0 saturated carbocycles. The van der Waals surface area contributed by atoms with Crippen molar-refractivity contribution in [2.45, 2.75) is 27.7 Å². The zero-order valence-corrected chi connectivity index (χ0v) is 12.9. The minimum absolute atomic E-state index is 0.0545. The molecule has 0 aliphatic heterocycles. The molecule has 2 aromatic carbocycles. The maximum Gasteiger partial charge on any atom is 0.269 e. The molecule has 0 spiro atoms. The lowest BCUT2D eigenvalue weighted by atomic mass is 9.98. The van der Waals surface area contributed by atoms with Crippen LogP contribution < -0.4 is 0 Å². The van der Waals surface area contributed by atoms with E-state index in [0.717, 1.165) is 27.8 Å². The molecule has 0 bridgehead atoms. The number of non-ortho nitro benzene ring substituents is 1. The van der Waals surface area contributed by atoms with Crippen molar-refractivity contribution in [2.24, 2.45) is 0 Å². The van der Waals surface area contributed by atoms with Crippen LogP contribution in [0.5, 0.6) is 0 Å². The monoisotopic (exact) mass is 296 g/mol. The molecule has 1 heterocycles. The maximum absolute atomic E-state index is 10.7. The van der Waals surface area contributed by atoms with E-state index in [0.29, 0.717) is 5.89 Å². The zero-order chi connectivity index (χ0) is 16.0. The molecule has 0 atom stereocenters. The maximum atomic E-state index is 10.7. The Kier molecular flexibility index (Phi) is 3.20. The van der Waals surface area contributed by atoms with Gasteiger partial charge in [0.15, 0.2) is 5.58 Å². The van der Waals surface area contributed by atoms with Gasteiger partial charge in [0.2, 0.25) is 5.89 Å². The van der Waals surface area contributed by atoms with Gasteiger partial charge in [0.25, 0.3) is 5.69 Å². The van der Waals surface area contributed by atoms with Crippen LogP contribution in [0.1, 0.15) is 22.3 Å². The van der Waals surface area contributed by atoms with Gasteiger partial charge >= 0.3 is 0 Å². The predicted molar refractivity (Wildman–Crippen MR) is 85.0 cm³/mol. The van der Waals surface area contributed by atoms with Crippen LogP contribution in [0.25, 0.3) is 22.6 Å². The molecule has 0 saturated heterocycles. The molecule has 22 heavy (non-hydrogen) atoms. The Morgan fingerprint density at radius 3 is 2.14 bits per heavy atom. The van der Waals surface area contributed by atoms with Gasteiger partial charge in [-0.15, -0.1) is 0 Å². The second kappa shape index (κ2) is 4.94. The van der Waals surface area contributed by atoms with Gasteiger partial charge in [-0.3, -0.25) is 10.1 Å². The predicted octanol–water partition coefficient (Wildman–Crippen LogP) is 4.64. The number of nitrogens with zero attached hydrogens (tertiary/aromatic N) is 2. The van der Waals surface area contributed by atoms with E-state index in [4.69, 9.17) is 4.42 Å². The number of fused-ring (bicyclic) bond motifs is 1. The fourth-order valence-electron chi connectivity index (χ4n) is 2.59. The van der Waals surface area contributed by atoms with Crippen molar-refractivity contribution in [1.29, 1.82) is 0 Å². The van der Waals surface area contributed by atoms with Gasteiger partial charge in [-0.2, -0.15) is 0 Å². The topological polar surface area (TPSA) is 69.2 Å². The first kappa shape index (κ1) is 14.3. The van der Waals surface area contributed by atoms with E-state index < -0.39 is 4.92 Å². The van der Waals surface area contributed by atoms with Crippen LogP contribution in [0.3, 0.4) is 0 Å². The number of nitro groups is 1. The van der Waals surface area contributed by atoms with Crippen molar-refractivity contribution in [3.8, 4) is 11.5 Å². The third-order valence-corrected chi connectivity index (χ3v) is 4.34. The normalized spacial score (nSPS) is 11.1. The summed E-state index contributed by atoms with van der Waals surface area (Å²) in [5.41, 5.74) is 7.04. The SMILES string of the molecule is Cc1c(C)c(C)c2oc(-c3ccc([N+](=O)[O-])cc3)nc2c1C. The average Bonchev–Trinajstić information content (AvgIpc) is 2.96. The van der Waals surface area contributed by atoms with E-state index in [1.807, 2.05) is 13.8 Å². The van der Waals surface area contributed by atoms with Gasteiger partial charge < -0.3 is 4.42 Å². The molecule has 0 fully saturated rings. The van der Waals surface area contributed by atoms with Crippen molar-refractivity contribution in [3.63, 3.8) is 0 Å². The lowest BCUT2D eigenvalue weighted by molar-refractivity contribution is -0.384. The number of nitro benzene ring substituents is 1. The highest BCUT2D eigenvalue weighted by molar-refractivity contribution is 5.84. The summed E-state index contributed by atoms with van der Waals surface area (Å²) in [5.74, 6) is 0.487. The number of oxazole rings is 1. The van der Waals surface area contributed by atoms with Crippen molar-refractivity contribution in [3.05, 3.63) is 56.6 Å². The first-order valence-electron chi connectivity index (χ1n) is 7.02. The Hall–Kier alpha value is -2.69. The summed E-state index contributed by atoms with van der Waals surface area (Å²) in [7, 11) is 0. The molecule has 5 heteroatoms. The molecule has 0 unspecified atom stereocenters. The quantitative estimate of drug-likeness (QED) is 0.510. The molecule has 112 valence electrons. The van der Waals surface area contributed by atoms with Crippen molar-refractivity contribution in [1.82, 2.24) is 4.98 Å². The summed E-state index contributed by atoms with van der Waals surface area (Å²) in [6, 6.07) is 6.24. The van der Waals surface area contributed by atoms with Crippen LogP contribution >= 0.6 is 0 Å². The third-order valence-electron chi connectivity index (χ3n) is 4.34. The molecule has 0 radical (unpaired) electrons. The number of aryl methyl sites for hydroxylation is 2. The molecule has 0 aliphatic rings. The molecule has 0 aliphatic carbocycles. The van der Waals surface area contributed by atoms with Gasteiger partial charge in [0, 0.05) is 17.7 Å². The first-order chi connectivity index (χ1) is 10.4. The van der Waals surface area contributed by atoms with Gasteiger partial charge in [0.05, 0.1) is 4.92 Å². The van der Waals surface area contributed by atoms with Crippen LogP contribution in [-0.4, -0.2) is 9.91 Å². The molecular formula is C17H16N2O3.